The van der Waals surface area contributed by atoms with Gasteiger partial charge in [0.15, 0.2) is 11.5 Å². The summed E-state index contributed by atoms with van der Waals surface area (Å²) in [5, 5.41) is 2.29. The number of carbonyl (C=O) groups is 2. The van der Waals surface area contributed by atoms with E-state index in [2.05, 4.69) is 16.1 Å². The van der Waals surface area contributed by atoms with E-state index < -0.39 is 18.0 Å². The summed E-state index contributed by atoms with van der Waals surface area (Å²) in [6.45, 7) is 0. The highest BCUT2D eigenvalue weighted by Gasteiger charge is 2.32. The van der Waals surface area contributed by atoms with Crippen LogP contribution in [-0.4, -0.2) is 25.2 Å². The number of halogens is 3. The maximum Gasteiger partial charge on any atom is 0.573 e. The number of benzene rings is 2. The van der Waals surface area contributed by atoms with Gasteiger partial charge in [-0.3, -0.25) is 9.59 Å². The number of alkyl halides is 3. The molecule has 0 aliphatic heterocycles. The van der Waals surface area contributed by atoms with Gasteiger partial charge in [-0.05, 0) is 30.3 Å². The number of ether oxygens (including phenoxy) is 2. The number of rotatable bonds is 7. The number of para-hydroxylation sites is 1. The van der Waals surface area contributed by atoms with E-state index in [0.29, 0.717) is 11.3 Å². The van der Waals surface area contributed by atoms with E-state index in [9.17, 15) is 22.8 Å². The number of methoxy groups -OCH3 is 1. The van der Waals surface area contributed by atoms with Crippen LogP contribution in [0.1, 0.15) is 23.2 Å². The monoisotopic (exact) mass is 366 g/mol. The normalized spacial score (nSPS) is 10.9. The third-order valence-electron chi connectivity index (χ3n) is 3.30. The van der Waals surface area contributed by atoms with Gasteiger partial charge in [0.05, 0.1) is 12.8 Å². The number of nitrogens with one attached hydrogen (secondary N) is 1. The molecule has 2 aromatic rings. The lowest BCUT2D eigenvalue weighted by molar-refractivity contribution is -0.274. The molecule has 0 aliphatic carbocycles. The van der Waals surface area contributed by atoms with E-state index in [0.717, 1.165) is 0 Å². The number of hydrogen-bond acceptors (Lipinski definition) is 4. The average molecular weight is 366 g/mol. The van der Waals surface area contributed by atoms with Crippen molar-refractivity contribution in [3.8, 4) is 11.5 Å². The van der Waals surface area contributed by atoms with Gasteiger partial charge in [-0.15, -0.1) is 13.2 Å². The largest absolute Gasteiger partial charge is 0.573 e. The van der Waals surface area contributed by atoms with Crippen LogP contribution in [-0.2, 0) is 4.79 Å². The SMILES string of the molecule is COc1ccc(C(=O)CCC(=O)Nc2ccc[c]c2OC(F)(F)F)cc1. The number of carbonyl (C=O) groups excluding carboxylic acids is 2. The third-order valence-corrected chi connectivity index (χ3v) is 3.30. The molecule has 1 radical (unpaired) electrons. The molecule has 0 atom stereocenters. The molecule has 2 aromatic carbocycles. The molecule has 26 heavy (non-hydrogen) atoms. The Bertz CT molecular complexity index is 773. The zero-order valence-corrected chi connectivity index (χ0v) is 13.7. The van der Waals surface area contributed by atoms with Crippen molar-refractivity contribution >= 4 is 17.4 Å². The third kappa shape index (κ3) is 5.80. The summed E-state index contributed by atoms with van der Waals surface area (Å²) in [5.41, 5.74) is 0.236. The zero-order chi connectivity index (χ0) is 19.2. The Balaban J connectivity index is 1.93. The summed E-state index contributed by atoms with van der Waals surface area (Å²) in [5.74, 6) is -0.931. The van der Waals surface area contributed by atoms with Crippen LogP contribution in [0.3, 0.4) is 0 Å². The summed E-state index contributed by atoms with van der Waals surface area (Å²) in [6.07, 6.45) is -5.18. The summed E-state index contributed by atoms with van der Waals surface area (Å²) in [6, 6.07) is 12.5. The van der Waals surface area contributed by atoms with Crippen LogP contribution < -0.4 is 14.8 Å². The van der Waals surface area contributed by atoms with Gasteiger partial charge in [0.1, 0.15) is 5.75 Å². The molecule has 1 amide bonds. The summed E-state index contributed by atoms with van der Waals surface area (Å²) in [7, 11) is 1.50. The predicted molar refractivity (Wildman–Crippen MR) is 87.1 cm³/mol. The van der Waals surface area contributed by atoms with Gasteiger partial charge < -0.3 is 14.8 Å². The number of hydrogen-bond donors (Lipinski definition) is 1. The molecule has 8 heteroatoms. The highest BCUT2D eigenvalue weighted by Crippen LogP contribution is 2.29. The van der Waals surface area contributed by atoms with Crippen molar-refractivity contribution in [2.45, 2.75) is 19.2 Å². The molecule has 137 valence electrons. The number of ketones is 1. The second-order valence-corrected chi connectivity index (χ2v) is 5.16. The lowest BCUT2D eigenvalue weighted by Gasteiger charge is -2.13. The maximum absolute atomic E-state index is 12.3. The van der Waals surface area contributed by atoms with Crippen molar-refractivity contribution in [2.24, 2.45) is 0 Å². The molecule has 0 saturated heterocycles. The smallest absolute Gasteiger partial charge is 0.497 e. The van der Waals surface area contributed by atoms with Crippen molar-refractivity contribution in [3.05, 3.63) is 54.1 Å². The summed E-state index contributed by atoms with van der Waals surface area (Å²) in [4.78, 5) is 24.0. The topological polar surface area (TPSA) is 64.6 Å². The van der Waals surface area contributed by atoms with E-state index in [1.165, 1.54) is 25.3 Å². The number of anilines is 1. The van der Waals surface area contributed by atoms with Gasteiger partial charge >= 0.3 is 6.36 Å². The van der Waals surface area contributed by atoms with Crippen LogP contribution in [0.2, 0.25) is 0 Å². The minimum absolute atomic E-state index is 0.0931. The van der Waals surface area contributed by atoms with Crippen molar-refractivity contribution in [2.75, 3.05) is 12.4 Å². The van der Waals surface area contributed by atoms with Gasteiger partial charge in [-0.2, -0.15) is 0 Å². The van der Waals surface area contributed by atoms with Crippen LogP contribution in [0.5, 0.6) is 11.5 Å². The molecule has 5 nitrogen and oxygen atoms in total. The molecular weight excluding hydrogens is 351 g/mol. The second kappa shape index (κ2) is 8.37. The van der Waals surface area contributed by atoms with E-state index in [1.54, 1.807) is 24.3 Å². The molecule has 0 heterocycles. The molecular formula is C18H15F3NO4. The van der Waals surface area contributed by atoms with Crippen molar-refractivity contribution in [1.29, 1.82) is 0 Å². The average Bonchev–Trinajstić information content (AvgIpc) is 2.60. The van der Waals surface area contributed by atoms with Gasteiger partial charge in [-0.25, -0.2) is 0 Å². The number of amides is 1. The maximum atomic E-state index is 12.3. The fourth-order valence-corrected chi connectivity index (χ4v) is 2.08. The molecule has 0 bridgehead atoms. The standard InChI is InChI=1S/C18H15F3NO4/c1-25-13-8-6-12(7-9-13)15(23)10-11-17(24)22-14-4-2-3-5-16(14)26-18(19,20)21/h2-4,6-9H,10-11H2,1H3,(H,22,24). The van der Waals surface area contributed by atoms with Crippen LogP contribution in [0.4, 0.5) is 18.9 Å². The second-order valence-electron chi connectivity index (χ2n) is 5.16. The van der Waals surface area contributed by atoms with Gasteiger partial charge in [0.2, 0.25) is 5.91 Å². The van der Waals surface area contributed by atoms with Crippen molar-refractivity contribution in [3.63, 3.8) is 0 Å². The minimum atomic E-state index is -4.90. The quantitative estimate of drug-likeness (QED) is 0.753. The zero-order valence-electron chi connectivity index (χ0n) is 13.7. The molecule has 0 unspecified atom stereocenters. The Morgan fingerprint density at radius 1 is 1.12 bits per heavy atom. The summed E-state index contributed by atoms with van der Waals surface area (Å²) >= 11 is 0. The Kier molecular flexibility index (Phi) is 6.21. The first-order valence-electron chi connectivity index (χ1n) is 7.52. The Morgan fingerprint density at radius 2 is 1.81 bits per heavy atom. The van der Waals surface area contributed by atoms with Crippen molar-refractivity contribution in [1.82, 2.24) is 0 Å². The first-order valence-corrected chi connectivity index (χ1v) is 7.52. The Hall–Kier alpha value is -3.03. The lowest BCUT2D eigenvalue weighted by Crippen LogP contribution is -2.20. The molecule has 2 rings (SSSR count). The minimum Gasteiger partial charge on any atom is -0.497 e. The first kappa shape index (κ1) is 19.3. The molecule has 1 N–H and O–H groups in total. The molecule has 0 spiro atoms. The molecule has 0 fully saturated rings. The van der Waals surface area contributed by atoms with Crippen LogP contribution in [0.15, 0.2) is 42.5 Å². The van der Waals surface area contributed by atoms with Gasteiger partial charge in [0, 0.05) is 24.5 Å². The number of Topliss-reactive ketones (excluding diaryl/α,β-unsaturated/α-hetero) is 1. The Morgan fingerprint density at radius 3 is 2.42 bits per heavy atom. The molecule has 0 saturated carbocycles. The van der Waals surface area contributed by atoms with Crippen LogP contribution in [0, 0.1) is 6.07 Å². The molecule has 0 aliphatic rings. The fourth-order valence-electron chi connectivity index (χ4n) is 2.08. The molecule has 0 aromatic heterocycles. The van der Waals surface area contributed by atoms with E-state index in [1.807, 2.05) is 0 Å². The lowest BCUT2D eigenvalue weighted by atomic mass is 10.1. The van der Waals surface area contributed by atoms with E-state index in [4.69, 9.17) is 4.74 Å². The van der Waals surface area contributed by atoms with Crippen molar-refractivity contribution < 1.29 is 32.2 Å². The first-order chi connectivity index (χ1) is 12.3. The highest BCUT2D eigenvalue weighted by molar-refractivity contribution is 6.00. The highest BCUT2D eigenvalue weighted by atomic mass is 19.4. The van der Waals surface area contributed by atoms with Gasteiger partial charge in [0.25, 0.3) is 0 Å². The van der Waals surface area contributed by atoms with E-state index >= 15 is 0 Å². The summed E-state index contributed by atoms with van der Waals surface area (Å²) < 4.78 is 45.8. The van der Waals surface area contributed by atoms with E-state index in [-0.39, 0.29) is 24.3 Å². The predicted octanol–water partition coefficient (Wildman–Crippen LogP) is 4.00. The Labute approximate surface area is 147 Å². The van der Waals surface area contributed by atoms with Crippen LogP contribution in [0.25, 0.3) is 0 Å². The van der Waals surface area contributed by atoms with Crippen LogP contribution >= 0.6 is 0 Å². The fraction of sp³-hybridized carbons (Fsp3) is 0.222. The van der Waals surface area contributed by atoms with Gasteiger partial charge in [-0.1, -0.05) is 12.1 Å².